The van der Waals surface area contributed by atoms with Gasteiger partial charge in [0.2, 0.25) is 15.9 Å². The van der Waals surface area contributed by atoms with Gasteiger partial charge in [-0.25, -0.2) is 12.8 Å². The highest BCUT2D eigenvalue weighted by molar-refractivity contribution is 8.00. The number of sulfonamides is 1. The maximum atomic E-state index is 14.6. The molecule has 0 saturated carbocycles. The summed E-state index contributed by atoms with van der Waals surface area (Å²) in [6.07, 6.45) is 0. The Kier molecular flexibility index (Phi) is 8.60. The topological polar surface area (TPSA) is 106 Å². The van der Waals surface area contributed by atoms with Crippen molar-refractivity contribution in [1.82, 2.24) is 19.1 Å². The summed E-state index contributed by atoms with van der Waals surface area (Å²) in [5.74, 6) is -0.338. The predicted molar refractivity (Wildman–Crippen MR) is 151 cm³/mol. The Balaban J connectivity index is 1.31. The zero-order chi connectivity index (χ0) is 28.1. The zero-order valence-corrected chi connectivity index (χ0v) is 23.4. The van der Waals surface area contributed by atoms with E-state index in [0.29, 0.717) is 55.1 Å². The number of nitrogens with zero attached hydrogens (tertiary/aromatic N) is 4. The molecule has 1 aromatic heterocycles. The van der Waals surface area contributed by atoms with E-state index in [0.717, 1.165) is 5.56 Å². The van der Waals surface area contributed by atoms with Gasteiger partial charge in [0.1, 0.15) is 5.82 Å². The molecule has 1 N–H and O–H groups in total. The molecule has 12 heteroatoms. The lowest BCUT2D eigenvalue weighted by Gasteiger charge is -2.26. The largest absolute Gasteiger partial charge is 0.379 e. The minimum absolute atomic E-state index is 0.157. The van der Waals surface area contributed by atoms with Crippen molar-refractivity contribution in [3.05, 3.63) is 90.2 Å². The Hall–Kier alpha value is -3.58. The number of halogens is 1. The number of ether oxygens (including phenoxy) is 1. The quantitative estimate of drug-likeness (QED) is 0.294. The third-order valence-corrected chi connectivity index (χ3v) is 9.39. The summed E-state index contributed by atoms with van der Waals surface area (Å²) in [4.78, 5) is 13.2. The van der Waals surface area contributed by atoms with E-state index in [-0.39, 0.29) is 10.8 Å². The van der Waals surface area contributed by atoms with Gasteiger partial charge in [0, 0.05) is 18.8 Å². The highest BCUT2D eigenvalue weighted by Gasteiger charge is 2.27. The summed E-state index contributed by atoms with van der Waals surface area (Å²) < 4.78 is 48.8. The number of morpholine rings is 1. The van der Waals surface area contributed by atoms with Crippen LogP contribution in [0.25, 0.3) is 11.4 Å². The molecular weight excluding hydrogens is 553 g/mol. The van der Waals surface area contributed by atoms with E-state index in [1.165, 1.54) is 34.3 Å². The van der Waals surface area contributed by atoms with Crippen LogP contribution in [-0.2, 0) is 26.1 Å². The van der Waals surface area contributed by atoms with Crippen molar-refractivity contribution in [2.24, 2.45) is 0 Å². The zero-order valence-electron chi connectivity index (χ0n) is 21.7. The molecule has 9 nitrogen and oxygen atoms in total. The molecular formula is C28H28FN5O4S2. The molecule has 0 bridgehead atoms. The Labute approximate surface area is 236 Å². The second kappa shape index (κ2) is 12.3. The second-order valence-corrected chi connectivity index (χ2v) is 12.4. The van der Waals surface area contributed by atoms with Crippen molar-refractivity contribution < 1.29 is 22.3 Å². The van der Waals surface area contributed by atoms with Crippen molar-refractivity contribution in [2.75, 3.05) is 31.6 Å². The van der Waals surface area contributed by atoms with E-state index in [1.54, 1.807) is 41.8 Å². The molecule has 0 aliphatic carbocycles. The fourth-order valence-electron chi connectivity index (χ4n) is 4.23. The van der Waals surface area contributed by atoms with Gasteiger partial charge in [0.15, 0.2) is 11.0 Å². The van der Waals surface area contributed by atoms with Crippen molar-refractivity contribution in [3.63, 3.8) is 0 Å². The van der Waals surface area contributed by atoms with Crippen LogP contribution in [0.2, 0.25) is 0 Å². The normalized spacial score (nSPS) is 15.1. The van der Waals surface area contributed by atoms with Gasteiger partial charge in [-0.2, -0.15) is 4.31 Å². The van der Waals surface area contributed by atoms with Crippen LogP contribution < -0.4 is 5.32 Å². The summed E-state index contributed by atoms with van der Waals surface area (Å²) in [6.45, 7) is 3.48. The number of benzene rings is 3. The molecule has 1 unspecified atom stereocenters. The summed E-state index contributed by atoms with van der Waals surface area (Å²) >= 11 is 1.20. The summed E-state index contributed by atoms with van der Waals surface area (Å²) in [6, 6.07) is 22.1. The van der Waals surface area contributed by atoms with Crippen LogP contribution in [0.3, 0.4) is 0 Å². The van der Waals surface area contributed by atoms with Gasteiger partial charge in [-0.3, -0.25) is 9.36 Å². The lowest BCUT2D eigenvalue weighted by molar-refractivity contribution is -0.115. The maximum absolute atomic E-state index is 14.6. The van der Waals surface area contributed by atoms with E-state index >= 15 is 0 Å². The molecule has 2 heterocycles. The van der Waals surface area contributed by atoms with Crippen LogP contribution in [-0.4, -0.2) is 64.9 Å². The number of amides is 1. The van der Waals surface area contributed by atoms with Crippen LogP contribution in [0, 0.1) is 5.82 Å². The van der Waals surface area contributed by atoms with E-state index in [2.05, 4.69) is 15.5 Å². The number of carbonyl (C=O) groups excluding carboxylic acids is 1. The van der Waals surface area contributed by atoms with E-state index in [9.17, 15) is 17.6 Å². The van der Waals surface area contributed by atoms with Crippen molar-refractivity contribution in [3.8, 4) is 11.4 Å². The highest BCUT2D eigenvalue weighted by Crippen LogP contribution is 2.30. The molecule has 4 aromatic rings. The van der Waals surface area contributed by atoms with Crippen LogP contribution in [0.15, 0.2) is 88.9 Å². The van der Waals surface area contributed by atoms with Gasteiger partial charge in [-0.1, -0.05) is 54.2 Å². The van der Waals surface area contributed by atoms with Crippen LogP contribution >= 0.6 is 11.8 Å². The maximum Gasteiger partial charge on any atom is 0.243 e. The molecule has 1 aliphatic rings. The number of carbonyl (C=O) groups is 1. The van der Waals surface area contributed by atoms with Gasteiger partial charge in [-0.05, 0) is 48.9 Å². The van der Waals surface area contributed by atoms with Crippen molar-refractivity contribution in [2.45, 2.75) is 28.8 Å². The van der Waals surface area contributed by atoms with Crippen molar-refractivity contribution >= 4 is 33.4 Å². The molecule has 5 rings (SSSR count). The SMILES string of the molecule is CC(Sc1nnc(-c2ccccc2F)n1Cc1ccccc1)C(=O)Nc1ccc(S(=O)(=O)N2CCOCC2)cc1. The van der Waals surface area contributed by atoms with Gasteiger partial charge < -0.3 is 10.1 Å². The van der Waals surface area contributed by atoms with Gasteiger partial charge in [-0.15, -0.1) is 10.2 Å². The predicted octanol–water partition coefficient (Wildman–Crippen LogP) is 4.27. The fraction of sp³-hybridized carbons (Fsp3) is 0.250. The lowest BCUT2D eigenvalue weighted by atomic mass is 10.2. The number of hydrogen-bond donors (Lipinski definition) is 1. The molecule has 0 radical (unpaired) electrons. The fourth-order valence-corrected chi connectivity index (χ4v) is 6.48. The van der Waals surface area contributed by atoms with E-state index in [4.69, 9.17) is 4.74 Å². The summed E-state index contributed by atoms with van der Waals surface area (Å²) in [7, 11) is -3.63. The summed E-state index contributed by atoms with van der Waals surface area (Å²) in [5, 5.41) is 11.3. The second-order valence-electron chi connectivity index (χ2n) is 9.15. The molecule has 40 heavy (non-hydrogen) atoms. The average molecular weight is 582 g/mol. The van der Waals surface area contributed by atoms with E-state index in [1.807, 2.05) is 30.3 Å². The first-order valence-corrected chi connectivity index (χ1v) is 15.0. The Bertz CT molecular complexity index is 1570. The average Bonchev–Trinajstić information content (AvgIpc) is 3.35. The van der Waals surface area contributed by atoms with Gasteiger partial charge in [0.25, 0.3) is 0 Å². The number of thioether (sulfide) groups is 1. The number of rotatable bonds is 9. The number of hydrogen-bond acceptors (Lipinski definition) is 7. The van der Waals surface area contributed by atoms with Gasteiger partial charge in [0.05, 0.1) is 35.5 Å². The van der Waals surface area contributed by atoms with E-state index < -0.39 is 21.1 Å². The Morgan fingerprint density at radius 3 is 2.38 bits per heavy atom. The monoisotopic (exact) mass is 581 g/mol. The number of anilines is 1. The standard InChI is InChI=1S/C28H28FN5O4S2/c1-20(27(35)30-22-11-13-23(14-12-22)40(36,37)33-15-17-38-18-16-33)39-28-32-31-26(24-9-5-6-10-25(24)29)34(28)19-21-7-3-2-4-8-21/h2-14,20H,15-19H2,1H3,(H,30,35). The minimum atomic E-state index is -3.63. The number of nitrogens with one attached hydrogen (secondary N) is 1. The van der Waals surface area contributed by atoms with Crippen LogP contribution in [0.1, 0.15) is 12.5 Å². The molecule has 0 spiro atoms. The molecule has 208 valence electrons. The molecule has 1 aliphatic heterocycles. The molecule has 3 aromatic carbocycles. The smallest absolute Gasteiger partial charge is 0.243 e. The Morgan fingerprint density at radius 1 is 1.00 bits per heavy atom. The van der Waals surface area contributed by atoms with Crippen molar-refractivity contribution in [1.29, 1.82) is 0 Å². The number of aromatic nitrogens is 3. The minimum Gasteiger partial charge on any atom is -0.379 e. The third-order valence-electron chi connectivity index (χ3n) is 6.40. The first-order valence-electron chi connectivity index (χ1n) is 12.7. The first kappa shape index (κ1) is 28.0. The first-order chi connectivity index (χ1) is 19.3. The molecule has 1 fully saturated rings. The van der Waals surface area contributed by atoms with Crippen LogP contribution in [0.5, 0.6) is 0 Å². The van der Waals surface area contributed by atoms with Crippen LogP contribution in [0.4, 0.5) is 10.1 Å². The molecule has 1 amide bonds. The lowest BCUT2D eigenvalue weighted by Crippen LogP contribution is -2.40. The summed E-state index contributed by atoms with van der Waals surface area (Å²) in [5.41, 5.74) is 1.77. The van der Waals surface area contributed by atoms with Gasteiger partial charge >= 0.3 is 0 Å². The highest BCUT2D eigenvalue weighted by atomic mass is 32.2. The Morgan fingerprint density at radius 2 is 1.68 bits per heavy atom. The third kappa shape index (κ3) is 6.25. The molecule has 1 saturated heterocycles. The molecule has 1 atom stereocenters.